The van der Waals surface area contributed by atoms with Gasteiger partial charge in [-0.2, -0.15) is 0 Å². The number of nitrogens with one attached hydrogen (secondary N) is 2. The first-order chi connectivity index (χ1) is 11.3. The molecule has 0 unspecified atom stereocenters. The van der Waals surface area contributed by atoms with Gasteiger partial charge in [0, 0.05) is 24.7 Å². The number of likely N-dealkylation sites (tertiary alicyclic amines) is 1. The number of piperidine rings is 1. The standard InChI is InChI=1S/C18H27N3O3/c1-18(2,3)24-13-21-11-9-15(10-12-21)19-17(23)20-16(22)14-7-5-4-6-8-14/h4-8,15H,9-13H2,1-3H3,(H2,19,20,22,23). The van der Waals surface area contributed by atoms with Gasteiger partial charge in [0.2, 0.25) is 0 Å². The molecule has 0 bridgehead atoms. The highest BCUT2D eigenvalue weighted by Crippen LogP contribution is 2.13. The highest BCUT2D eigenvalue weighted by molar-refractivity contribution is 6.04. The van der Waals surface area contributed by atoms with Gasteiger partial charge in [0.15, 0.2) is 0 Å². The Hall–Kier alpha value is -1.92. The minimum atomic E-state index is -0.437. The molecule has 1 saturated heterocycles. The summed E-state index contributed by atoms with van der Waals surface area (Å²) >= 11 is 0. The van der Waals surface area contributed by atoms with Gasteiger partial charge >= 0.3 is 6.03 Å². The number of hydrogen-bond donors (Lipinski definition) is 2. The Bertz CT molecular complexity index is 546. The molecular formula is C18H27N3O3. The summed E-state index contributed by atoms with van der Waals surface area (Å²) < 4.78 is 5.77. The predicted molar refractivity (Wildman–Crippen MR) is 92.7 cm³/mol. The van der Waals surface area contributed by atoms with Crippen molar-refractivity contribution in [1.82, 2.24) is 15.5 Å². The van der Waals surface area contributed by atoms with Crippen LogP contribution in [0.4, 0.5) is 4.79 Å². The molecule has 0 saturated carbocycles. The molecule has 0 aliphatic carbocycles. The van der Waals surface area contributed by atoms with E-state index in [9.17, 15) is 9.59 Å². The summed E-state index contributed by atoms with van der Waals surface area (Å²) in [5, 5.41) is 5.25. The van der Waals surface area contributed by atoms with Crippen molar-refractivity contribution in [2.45, 2.75) is 45.3 Å². The molecule has 0 aromatic heterocycles. The van der Waals surface area contributed by atoms with Gasteiger partial charge in [0.1, 0.15) is 0 Å². The molecule has 24 heavy (non-hydrogen) atoms. The Labute approximate surface area is 143 Å². The van der Waals surface area contributed by atoms with Crippen LogP contribution in [0.25, 0.3) is 0 Å². The van der Waals surface area contributed by atoms with Gasteiger partial charge in [-0.05, 0) is 45.7 Å². The van der Waals surface area contributed by atoms with Crippen LogP contribution in [-0.4, -0.2) is 48.3 Å². The van der Waals surface area contributed by atoms with E-state index in [-0.39, 0.29) is 17.6 Å². The van der Waals surface area contributed by atoms with E-state index >= 15 is 0 Å². The van der Waals surface area contributed by atoms with E-state index in [2.05, 4.69) is 15.5 Å². The Kier molecular flexibility index (Phi) is 6.34. The van der Waals surface area contributed by atoms with Crippen LogP contribution in [0.2, 0.25) is 0 Å². The summed E-state index contributed by atoms with van der Waals surface area (Å²) in [4.78, 5) is 26.1. The summed E-state index contributed by atoms with van der Waals surface area (Å²) in [7, 11) is 0. The lowest BCUT2D eigenvalue weighted by Gasteiger charge is -2.33. The van der Waals surface area contributed by atoms with Crippen molar-refractivity contribution in [3.63, 3.8) is 0 Å². The third kappa shape index (κ3) is 6.29. The summed E-state index contributed by atoms with van der Waals surface area (Å²) in [6.45, 7) is 8.45. The molecule has 6 heteroatoms. The first-order valence-electron chi connectivity index (χ1n) is 8.37. The number of ether oxygens (including phenoxy) is 1. The number of nitrogens with zero attached hydrogens (tertiary/aromatic N) is 1. The van der Waals surface area contributed by atoms with E-state index in [1.807, 2.05) is 26.8 Å². The third-order valence-electron chi connectivity index (χ3n) is 3.87. The molecular weight excluding hydrogens is 306 g/mol. The zero-order chi connectivity index (χ0) is 17.6. The quantitative estimate of drug-likeness (QED) is 0.887. The fourth-order valence-electron chi connectivity index (χ4n) is 2.48. The van der Waals surface area contributed by atoms with Crippen molar-refractivity contribution >= 4 is 11.9 Å². The number of hydrogen-bond acceptors (Lipinski definition) is 4. The van der Waals surface area contributed by atoms with Crippen molar-refractivity contribution in [2.75, 3.05) is 19.8 Å². The molecule has 0 atom stereocenters. The Morgan fingerprint density at radius 3 is 2.38 bits per heavy atom. The van der Waals surface area contributed by atoms with Gasteiger partial charge in [-0.25, -0.2) is 4.79 Å². The van der Waals surface area contributed by atoms with E-state index in [0.29, 0.717) is 12.3 Å². The lowest BCUT2D eigenvalue weighted by molar-refractivity contribution is -0.0692. The largest absolute Gasteiger partial charge is 0.360 e. The first kappa shape index (κ1) is 18.4. The molecule has 1 fully saturated rings. The van der Waals surface area contributed by atoms with E-state index in [1.54, 1.807) is 24.3 Å². The first-order valence-corrected chi connectivity index (χ1v) is 8.37. The van der Waals surface area contributed by atoms with Gasteiger partial charge in [-0.3, -0.25) is 15.0 Å². The second kappa shape index (κ2) is 8.26. The van der Waals surface area contributed by atoms with Crippen molar-refractivity contribution < 1.29 is 14.3 Å². The van der Waals surface area contributed by atoms with Crippen LogP contribution in [0.5, 0.6) is 0 Å². The monoisotopic (exact) mass is 333 g/mol. The lowest BCUT2D eigenvalue weighted by atomic mass is 10.1. The number of carbonyl (C=O) groups excluding carboxylic acids is 2. The molecule has 0 radical (unpaired) electrons. The van der Waals surface area contributed by atoms with Crippen LogP contribution in [0, 0.1) is 0 Å². The molecule has 2 rings (SSSR count). The van der Waals surface area contributed by atoms with Crippen LogP contribution in [-0.2, 0) is 4.74 Å². The minimum absolute atomic E-state index is 0.0828. The second-order valence-corrected chi connectivity index (χ2v) is 7.07. The number of benzene rings is 1. The maximum Gasteiger partial charge on any atom is 0.321 e. The second-order valence-electron chi connectivity index (χ2n) is 7.07. The minimum Gasteiger partial charge on any atom is -0.360 e. The van der Waals surface area contributed by atoms with Gasteiger partial charge in [0.25, 0.3) is 5.91 Å². The van der Waals surface area contributed by atoms with Gasteiger partial charge in [0.05, 0.1) is 12.3 Å². The molecule has 3 amide bonds. The van der Waals surface area contributed by atoms with Crippen LogP contribution >= 0.6 is 0 Å². The van der Waals surface area contributed by atoms with E-state index < -0.39 is 6.03 Å². The maximum absolute atomic E-state index is 12.0. The smallest absolute Gasteiger partial charge is 0.321 e. The van der Waals surface area contributed by atoms with Crippen molar-refractivity contribution in [3.8, 4) is 0 Å². The van der Waals surface area contributed by atoms with E-state index in [1.165, 1.54) is 0 Å². The summed E-state index contributed by atoms with van der Waals surface area (Å²) in [5.41, 5.74) is 0.328. The topological polar surface area (TPSA) is 70.7 Å². The number of imide groups is 1. The molecule has 6 nitrogen and oxygen atoms in total. The lowest BCUT2D eigenvalue weighted by Crippen LogP contribution is -2.49. The molecule has 0 spiro atoms. The van der Waals surface area contributed by atoms with Gasteiger partial charge in [-0.1, -0.05) is 18.2 Å². The molecule has 132 valence electrons. The molecule has 1 heterocycles. The maximum atomic E-state index is 12.0. The Morgan fingerprint density at radius 2 is 1.79 bits per heavy atom. The Balaban J connectivity index is 1.70. The van der Waals surface area contributed by atoms with Crippen LogP contribution in [0.15, 0.2) is 30.3 Å². The van der Waals surface area contributed by atoms with Crippen LogP contribution in [0.3, 0.4) is 0 Å². The Morgan fingerprint density at radius 1 is 1.17 bits per heavy atom. The SMILES string of the molecule is CC(C)(C)OCN1CCC(NC(=O)NC(=O)c2ccccc2)CC1. The fourth-order valence-corrected chi connectivity index (χ4v) is 2.48. The zero-order valence-electron chi connectivity index (χ0n) is 14.7. The number of carbonyl (C=O) groups is 2. The van der Waals surface area contributed by atoms with E-state index in [0.717, 1.165) is 25.9 Å². The molecule has 1 aliphatic rings. The average Bonchev–Trinajstić information content (AvgIpc) is 2.54. The van der Waals surface area contributed by atoms with Gasteiger partial charge in [-0.15, -0.1) is 0 Å². The number of rotatable bonds is 4. The summed E-state index contributed by atoms with van der Waals surface area (Å²) in [6.07, 6.45) is 1.70. The number of amides is 3. The molecule has 1 aliphatic heterocycles. The van der Waals surface area contributed by atoms with Crippen LogP contribution < -0.4 is 10.6 Å². The highest BCUT2D eigenvalue weighted by Gasteiger charge is 2.22. The summed E-state index contributed by atoms with van der Waals surface area (Å²) in [5.74, 6) is -0.385. The van der Waals surface area contributed by atoms with Crippen molar-refractivity contribution in [2.24, 2.45) is 0 Å². The molecule has 1 aromatic carbocycles. The van der Waals surface area contributed by atoms with Crippen molar-refractivity contribution in [1.29, 1.82) is 0 Å². The van der Waals surface area contributed by atoms with Gasteiger partial charge < -0.3 is 10.1 Å². The van der Waals surface area contributed by atoms with E-state index in [4.69, 9.17) is 4.74 Å². The fraction of sp³-hybridized carbons (Fsp3) is 0.556. The normalized spacial score (nSPS) is 16.6. The van der Waals surface area contributed by atoms with Crippen LogP contribution in [0.1, 0.15) is 44.0 Å². The molecule has 1 aromatic rings. The predicted octanol–water partition coefficient (Wildman–Crippen LogP) is 2.36. The third-order valence-corrected chi connectivity index (χ3v) is 3.87. The molecule has 2 N–H and O–H groups in total. The summed E-state index contributed by atoms with van der Waals surface area (Å²) in [6, 6.07) is 8.36. The zero-order valence-corrected chi connectivity index (χ0v) is 14.7. The number of urea groups is 1. The highest BCUT2D eigenvalue weighted by atomic mass is 16.5. The van der Waals surface area contributed by atoms with Crippen molar-refractivity contribution in [3.05, 3.63) is 35.9 Å². The average molecular weight is 333 g/mol.